The molecule has 0 radical (unpaired) electrons. The Kier molecular flexibility index (Phi) is 6.12. The van der Waals surface area contributed by atoms with Gasteiger partial charge in [0.1, 0.15) is 0 Å². The number of hydrogen-bond acceptors (Lipinski definition) is 5. The smallest absolute Gasteiger partial charge is 0.339 e. The maximum Gasteiger partial charge on any atom is 0.339 e. The molecule has 0 aliphatic rings. The van der Waals surface area contributed by atoms with Crippen LogP contribution in [0.5, 0.6) is 0 Å². The number of nitro benzene ring substituents is 1. The minimum absolute atomic E-state index is 0.0169. The van der Waals surface area contributed by atoms with Gasteiger partial charge in [0.2, 0.25) is 5.82 Å². The van der Waals surface area contributed by atoms with Crippen LogP contribution < -0.4 is 5.32 Å². The number of carbonyl (C=O) groups excluding carboxylic acids is 2. The normalized spacial score (nSPS) is 11.5. The van der Waals surface area contributed by atoms with Crippen molar-refractivity contribution in [2.45, 2.75) is 13.0 Å². The molecule has 136 valence electrons. The predicted octanol–water partition coefficient (Wildman–Crippen LogP) is 4.22. The van der Waals surface area contributed by atoms with Gasteiger partial charge in [-0.05, 0) is 37.3 Å². The quantitative estimate of drug-likeness (QED) is 0.460. The van der Waals surface area contributed by atoms with E-state index in [-0.39, 0.29) is 21.3 Å². The molecule has 2 aromatic rings. The molecule has 0 saturated carbocycles. The number of nitrogens with zero attached hydrogens (tertiary/aromatic N) is 1. The lowest BCUT2D eigenvalue weighted by atomic mass is 10.2. The van der Waals surface area contributed by atoms with Crippen LogP contribution >= 0.6 is 23.2 Å². The van der Waals surface area contributed by atoms with Gasteiger partial charge in [-0.2, -0.15) is 4.39 Å². The van der Waals surface area contributed by atoms with Gasteiger partial charge in [0, 0.05) is 21.8 Å². The van der Waals surface area contributed by atoms with Crippen molar-refractivity contribution in [1.29, 1.82) is 0 Å². The maximum absolute atomic E-state index is 13.3. The molecular formula is C16H11Cl2FN2O5. The Bertz CT molecular complexity index is 871. The largest absolute Gasteiger partial charge is 0.449 e. The summed E-state index contributed by atoms with van der Waals surface area (Å²) in [4.78, 5) is 33.9. The molecule has 0 aliphatic carbocycles. The van der Waals surface area contributed by atoms with Gasteiger partial charge in [0.15, 0.2) is 6.10 Å². The summed E-state index contributed by atoms with van der Waals surface area (Å²) >= 11 is 11.6. The van der Waals surface area contributed by atoms with E-state index in [0.29, 0.717) is 0 Å². The van der Waals surface area contributed by atoms with Crippen LogP contribution in [-0.2, 0) is 9.53 Å². The van der Waals surface area contributed by atoms with Crippen molar-refractivity contribution in [3.8, 4) is 0 Å². The fourth-order valence-corrected chi connectivity index (χ4v) is 2.45. The van der Waals surface area contributed by atoms with E-state index in [2.05, 4.69) is 5.32 Å². The van der Waals surface area contributed by atoms with Gasteiger partial charge in [-0.25, -0.2) is 4.79 Å². The molecule has 1 N–H and O–H groups in total. The second-order valence-electron chi connectivity index (χ2n) is 5.12. The van der Waals surface area contributed by atoms with Crippen molar-refractivity contribution in [3.05, 3.63) is 67.9 Å². The average Bonchev–Trinajstić information content (AvgIpc) is 2.55. The Hall–Kier alpha value is -2.71. The van der Waals surface area contributed by atoms with Crippen LogP contribution in [0.15, 0.2) is 36.4 Å². The highest BCUT2D eigenvalue weighted by Crippen LogP contribution is 2.22. The molecule has 1 atom stereocenters. The number of hydrogen-bond donors (Lipinski definition) is 1. The molecule has 0 saturated heterocycles. The molecule has 0 bridgehead atoms. The second kappa shape index (κ2) is 8.11. The molecule has 0 heterocycles. The van der Waals surface area contributed by atoms with E-state index in [1.165, 1.54) is 25.1 Å². The SMILES string of the molecule is C[C@@H](OC(=O)c1cc(Cl)cc(Cl)c1)C(=O)Nc1ccc(F)c([N+](=O)[O-])c1. The first kappa shape index (κ1) is 19.6. The Morgan fingerprint density at radius 3 is 2.38 bits per heavy atom. The molecule has 0 fully saturated rings. The third-order valence-electron chi connectivity index (χ3n) is 3.16. The van der Waals surface area contributed by atoms with Crippen molar-refractivity contribution in [2.75, 3.05) is 5.32 Å². The highest BCUT2D eigenvalue weighted by Gasteiger charge is 2.21. The lowest BCUT2D eigenvalue weighted by molar-refractivity contribution is -0.387. The molecule has 7 nitrogen and oxygen atoms in total. The summed E-state index contributed by atoms with van der Waals surface area (Å²) in [5, 5.41) is 13.5. The van der Waals surface area contributed by atoms with E-state index < -0.39 is 34.4 Å². The topological polar surface area (TPSA) is 98.5 Å². The Labute approximate surface area is 156 Å². The lowest BCUT2D eigenvalue weighted by Crippen LogP contribution is -2.30. The zero-order valence-electron chi connectivity index (χ0n) is 13.2. The van der Waals surface area contributed by atoms with Crippen LogP contribution in [0.1, 0.15) is 17.3 Å². The number of carbonyl (C=O) groups is 2. The van der Waals surface area contributed by atoms with E-state index >= 15 is 0 Å². The summed E-state index contributed by atoms with van der Waals surface area (Å²) in [6.07, 6.45) is -1.23. The monoisotopic (exact) mass is 400 g/mol. The fraction of sp³-hybridized carbons (Fsp3) is 0.125. The number of nitro groups is 1. The van der Waals surface area contributed by atoms with Crippen LogP contribution in [0, 0.1) is 15.9 Å². The number of esters is 1. The van der Waals surface area contributed by atoms with Crippen LogP contribution in [0.2, 0.25) is 10.0 Å². The van der Waals surface area contributed by atoms with Crippen molar-refractivity contribution in [2.24, 2.45) is 0 Å². The Balaban J connectivity index is 2.06. The molecule has 10 heteroatoms. The van der Waals surface area contributed by atoms with Crippen molar-refractivity contribution in [1.82, 2.24) is 0 Å². The first-order valence-electron chi connectivity index (χ1n) is 7.09. The van der Waals surface area contributed by atoms with E-state index in [1.54, 1.807) is 0 Å². The number of rotatable bonds is 5. The van der Waals surface area contributed by atoms with E-state index in [1.807, 2.05) is 0 Å². The summed E-state index contributed by atoms with van der Waals surface area (Å²) in [6.45, 7) is 1.30. The van der Waals surface area contributed by atoms with Crippen LogP contribution in [0.25, 0.3) is 0 Å². The van der Waals surface area contributed by atoms with Gasteiger partial charge in [-0.1, -0.05) is 23.2 Å². The number of anilines is 1. The van der Waals surface area contributed by atoms with Crippen molar-refractivity contribution >= 4 is 46.5 Å². The number of halogens is 3. The number of benzene rings is 2. The summed E-state index contributed by atoms with van der Waals surface area (Å²) in [5.74, 6) is -2.63. The van der Waals surface area contributed by atoms with Crippen molar-refractivity contribution < 1.29 is 23.6 Å². The highest BCUT2D eigenvalue weighted by atomic mass is 35.5. The zero-order chi connectivity index (χ0) is 19.4. The Morgan fingerprint density at radius 2 is 1.81 bits per heavy atom. The molecular weight excluding hydrogens is 390 g/mol. The molecule has 0 aromatic heterocycles. The first-order chi connectivity index (χ1) is 12.2. The van der Waals surface area contributed by atoms with E-state index in [9.17, 15) is 24.1 Å². The standard InChI is InChI=1S/C16H11Cl2FN2O5/c1-8(26-16(23)9-4-10(17)6-11(18)5-9)15(22)20-12-2-3-13(19)14(7-12)21(24)25/h2-8H,1H3,(H,20,22)/t8-/m1/s1. The third-order valence-corrected chi connectivity index (χ3v) is 3.60. The van der Waals surface area contributed by atoms with E-state index in [0.717, 1.165) is 18.2 Å². The summed E-state index contributed by atoms with van der Waals surface area (Å²) in [5.41, 5.74) is -0.752. The molecule has 0 aliphatic heterocycles. The third kappa shape index (κ3) is 4.90. The van der Waals surface area contributed by atoms with E-state index in [4.69, 9.17) is 27.9 Å². The second-order valence-corrected chi connectivity index (χ2v) is 5.99. The lowest BCUT2D eigenvalue weighted by Gasteiger charge is -2.14. The summed E-state index contributed by atoms with van der Waals surface area (Å²) in [6, 6.07) is 6.92. The average molecular weight is 401 g/mol. The highest BCUT2D eigenvalue weighted by molar-refractivity contribution is 6.35. The predicted molar refractivity (Wildman–Crippen MR) is 93.0 cm³/mol. The minimum Gasteiger partial charge on any atom is -0.449 e. The number of amides is 1. The van der Waals surface area contributed by atoms with Crippen LogP contribution in [0.3, 0.4) is 0 Å². The number of ether oxygens (including phenoxy) is 1. The zero-order valence-corrected chi connectivity index (χ0v) is 14.7. The van der Waals surface area contributed by atoms with Crippen LogP contribution in [-0.4, -0.2) is 22.9 Å². The van der Waals surface area contributed by atoms with Crippen molar-refractivity contribution in [3.63, 3.8) is 0 Å². The molecule has 26 heavy (non-hydrogen) atoms. The van der Waals surface area contributed by atoms with Gasteiger partial charge in [0.25, 0.3) is 5.91 Å². The van der Waals surface area contributed by atoms with Gasteiger partial charge in [0.05, 0.1) is 10.5 Å². The van der Waals surface area contributed by atoms with Gasteiger partial charge in [-0.15, -0.1) is 0 Å². The van der Waals surface area contributed by atoms with Gasteiger partial charge < -0.3 is 10.1 Å². The molecule has 0 unspecified atom stereocenters. The fourth-order valence-electron chi connectivity index (χ4n) is 1.93. The summed E-state index contributed by atoms with van der Waals surface area (Å²) < 4.78 is 18.3. The molecule has 1 amide bonds. The minimum atomic E-state index is -1.23. The molecule has 0 spiro atoms. The maximum atomic E-state index is 13.3. The van der Waals surface area contributed by atoms with Gasteiger partial charge >= 0.3 is 11.7 Å². The van der Waals surface area contributed by atoms with Crippen LogP contribution in [0.4, 0.5) is 15.8 Å². The Morgan fingerprint density at radius 1 is 1.19 bits per heavy atom. The van der Waals surface area contributed by atoms with Gasteiger partial charge in [-0.3, -0.25) is 14.9 Å². The molecule has 2 aromatic carbocycles. The molecule has 2 rings (SSSR count). The number of nitrogens with one attached hydrogen (secondary N) is 1. The summed E-state index contributed by atoms with van der Waals surface area (Å²) in [7, 11) is 0. The first-order valence-corrected chi connectivity index (χ1v) is 7.85.